The van der Waals surface area contributed by atoms with Gasteiger partial charge in [-0.15, -0.1) is 0 Å². The molecule has 0 atom stereocenters. The van der Waals surface area contributed by atoms with Crippen LogP contribution in [-0.4, -0.2) is 6.21 Å². The Labute approximate surface area is 86.9 Å². The standard InChI is InChI=1S/C13H19N/c1-4-7-12-9-8-11(5-2)10-13(12)14-6-3/h6,8-10H,4-5,7H2,1-3H3. The van der Waals surface area contributed by atoms with E-state index >= 15 is 0 Å². The van der Waals surface area contributed by atoms with E-state index in [0.29, 0.717) is 0 Å². The molecular weight excluding hydrogens is 170 g/mol. The predicted molar refractivity (Wildman–Crippen MR) is 63.6 cm³/mol. The first-order valence-electron chi connectivity index (χ1n) is 5.42. The van der Waals surface area contributed by atoms with Gasteiger partial charge in [0.05, 0.1) is 5.69 Å². The molecule has 14 heavy (non-hydrogen) atoms. The van der Waals surface area contributed by atoms with Gasteiger partial charge in [-0.3, -0.25) is 4.99 Å². The summed E-state index contributed by atoms with van der Waals surface area (Å²) in [5.74, 6) is 0. The largest absolute Gasteiger partial charge is 0.261 e. The first-order chi connectivity index (χ1) is 6.81. The number of hydrogen-bond acceptors (Lipinski definition) is 1. The van der Waals surface area contributed by atoms with Crippen molar-refractivity contribution in [3.63, 3.8) is 0 Å². The number of nitrogens with zero attached hydrogens (tertiary/aromatic N) is 1. The molecule has 0 radical (unpaired) electrons. The molecule has 0 unspecified atom stereocenters. The average molecular weight is 189 g/mol. The number of benzene rings is 1. The third-order valence-electron chi connectivity index (χ3n) is 2.35. The van der Waals surface area contributed by atoms with E-state index in [1.54, 1.807) is 0 Å². The van der Waals surface area contributed by atoms with Crippen LogP contribution in [0.2, 0.25) is 0 Å². The normalized spacial score (nSPS) is 11.1. The van der Waals surface area contributed by atoms with Crippen LogP contribution in [0.5, 0.6) is 0 Å². The fourth-order valence-corrected chi connectivity index (χ4v) is 1.57. The van der Waals surface area contributed by atoms with Crippen molar-refractivity contribution in [2.24, 2.45) is 4.99 Å². The summed E-state index contributed by atoms with van der Waals surface area (Å²) in [6.07, 6.45) is 5.25. The number of hydrogen-bond donors (Lipinski definition) is 0. The molecule has 1 heteroatoms. The summed E-state index contributed by atoms with van der Waals surface area (Å²) in [7, 11) is 0. The molecule has 1 nitrogen and oxygen atoms in total. The lowest BCUT2D eigenvalue weighted by molar-refractivity contribution is 0.919. The van der Waals surface area contributed by atoms with Crippen LogP contribution < -0.4 is 0 Å². The Hall–Kier alpha value is -1.11. The number of aryl methyl sites for hydroxylation is 2. The third kappa shape index (κ3) is 2.69. The molecule has 0 bridgehead atoms. The van der Waals surface area contributed by atoms with Crippen molar-refractivity contribution in [1.82, 2.24) is 0 Å². The van der Waals surface area contributed by atoms with Crippen molar-refractivity contribution in [2.45, 2.75) is 40.0 Å². The Morgan fingerprint density at radius 1 is 1.29 bits per heavy atom. The highest BCUT2D eigenvalue weighted by Crippen LogP contribution is 2.22. The molecule has 0 saturated heterocycles. The fraction of sp³-hybridized carbons (Fsp3) is 0.462. The smallest absolute Gasteiger partial charge is 0.0660 e. The van der Waals surface area contributed by atoms with Crippen molar-refractivity contribution in [3.05, 3.63) is 29.3 Å². The van der Waals surface area contributed by atoms with E-state index in [4.69, 9.17) is 0 Å². The maximum absolute atomic E-state index is 4.41. The summed E-state index contributed by atoms with van der Waals surface area (Å²) in [4.78, 5) is 4.41. The zero-order valence-corrected chi connectivity index (χ0v) is 9.38. The van der Waals surface area contributed by atoms with Crippen molar-refractivity contribution in [1.29, 1.82) is 0 Å². The molecule has 0 saturated carbocycles. The molecule has 0 spiro atoms. The summed E-state index contributed by atoms with van der Waals surface area (Å²) in [5.41, 5.74) is 3.88. The van der Waals surface area contributed by atoms with Gasteiger partial charge >= 0.3 is 0 Å². The molecule has 76 valence electrons. The van der Waals surface area contributed by atoms with Gasteiger partial charge in [0.25, 0.3) is 0 Å². The number of rotatable bonds is 4. The van der Waals surface area contributed by atoms with Crippen LogP contribution in [0.25, 0.3) is 0 Å². The second-order valence-electron chi connectivity index (χ2n) is 3.45. The SMILES string of the molecule is CC=Nc1cc(CC)ccc1CCC. The van der Waals surface area contributed by atoms with E-state index in [2.05, 4.69) is 37.0 Å². The van der Waals surface area contributed by atoms with Crippen molar-refractivity contribution in [3.8, 4) is 0 Å². The van der Waals surface area contributed by atoms with Crippen LogP contribution in [0.4, 0.5) is 5.69 Å². The second kappa shape index (κ2) is 5.58. The lowest BCUT2D eigenvalue weighted by Gasteiger charge is -2.06. The fourth-order valence-electron chi connectivity index (χ4n) is 1.57. The highest BCUT2D eigenvalue weighted by molar-refractivity contribution is 5.63. The van der Waals surface area contributed by atoms with E-state index in [1.807, 2.05) is 13.1 Å². The van der Waals surface area contributed by atoms with Gasteiger partial charge in [0.2, 0.25) is 0 Å². The molecule has 0 aliphatic heterocycles. The monoisotopic (exact) mass is 189 g/mol. The molecule has 1 aromatic carbocycles. The summed E-state index contributed by atoms with van der Waals surface area (Å²) >= 11 is 0. The van der Waals surface area contributed by atoms with Crippen LogP contribution in [0, 0.1) is 0 Å². The van der Waals surface area contributed by atoms with E-state index < -0.39 is 0 Å². The molecular formula is C13H19N. The van der Waals surface area contributed by atoms with Crippen LogP contribution in [0.15, 0.2) is 23.2 Å². The van der Waals surface area contributed by atoms with Crippen molar-refractivity contribution in [2.75, 3.05) is 0 Å². The molecule has 0 amide bonds. The molecule has 1 rings (SSSR count). The zero-order chi connectivity index (χ0) is 10.4. The zero-order valence-electron chi connectivity index (χ0n) is 9.38. The minimum atomic E-state index is 1.08. The van der Waals surface area contributed by atoms with Gasteiger partial charge in [-0.25, -0.2) is 0 Å². The molecule has 0 aliphatic rings. The minimum Gasteiger partial charge on any atom is -0.261 e. The predicted octanol–water partition coefficient (Wildman–Crippen LogP) is 3.92. The summed E-state index contributed by atoms with van der Waals surface area (Å²) in [6.45, 7) is 6.34. The maximum atomic E-state index is 4.41. The maximum Gasteiger partial charge on any atom is 0.0660 e. The first kappa shape index (κ1) is 11.0. The molecule has 1 aromatic rings. The molecule has 0 fully saturated rings. The third-order valence-corrected chi connectivity index (χ3v) is 2.35. The second-order valence-corrected chi connectivity index (χ2v) is 3.45. The van der Waals surface area contributed by atoms with Crippen LogP contribution in [0.1, 0.15) is 38.3 Å². The minimum absolute atomic E-state index is 1.08. The van der Waals surface area contributed by atoms with E-state index in [1.165, 1.54) is 17.5 Å². The van der Waals surface area contributed by atoms with Gasteiger partial charge in [-0.2, -0.15) is 0 Å². The Morgan fingerprint density at radius 3 is 2.64 bits per heavy atom. The summed E-state index contributed by atoms with van der Waals surface area (Å²) in [5, 5.41) is 0. The lowest BCUT2D eigenvalue weighted by atomic mass is 10.0. The van der Waals surface area contributed by atoms with Crippen molar-refractivity contribution < 1.29 is 0 Å². The van der Waals surface area contributed by atoms with E-state index in [-0.39, 0.29) is 0 Å². The van der Waals surface area contributed by atoms with Crippen LogP contribution in [0.3, 0.4) is 0 Å². The topological polar surface area (TPSA) is 12.4 Å². The van der Waals surface area contributed by atoms with Gasteiger partial charge < -0.3 is 0 Å². The van der Waals surface area contributed by atoms with Gasteiger partial charge in [-0.1, -0.05) is 32.4 Å². The Kier molecular flexibility index (Phi) is 4.37. The summed E-state index contributed by atoms with van der Waals surface area (Å²) < 4.78 is 0. The van der Waals surface area contributed by atoms with Gasteiger partial charge in [0, 0.05) is 6.21 Å². The van der Waals surface area contributed by atoms with Gasteiger partial charge in [-0.05, 0) is 37.0 Å². The van der Waals surface area contributed by atoms with Gasteiger partial charge in [0.1, 0.15) is 0 Å². The number of aliphatic imine (C=N–C) groups is 1. The first-order valence-corrected chi connectivity index (χ1v) is 5.42. The Balaban J connectivity index is 3.03. The Morgan fingerprint density at radius 2 is 2.07 bits per heavy atom. The van der Waals surface area contributed by atoms with Crippen LogP contribution in [-0.2, 0) is 12.8 Å². The molecule has 0 aliphatic carbocycles. The Bertz CT molecular complexity index is 313. The lowest BCUT2D eigenvalue weighted by Crippen LogP contribution is -1.87. The quantitative estimate of drug-likeness (QED) is 0.636. The van der Waals surface area contributed by atoms with Crippen molar-refractivity contribution >= 4 is 11.9 Å². The van der Waals surface area contributed by atoms with Gasteiger partial charge in [0.15, 0.2) is 0 Å². The molecule has 0 aromatic heterocycles. The highest BCUT2D eigenvalue weighted by Gasteiger charge is 2.00. The van der Waals surface area contributed by atoms with E-state index in [0.717, 1.165) is 18.5 Å². The van der Waals surface area contributed by atoms with Crippen LogP contribution >= 0.6 is 0 Å². The average Bonchev–Trinajstić information content (AvgIpc) is 2.21. The summed E-state index contributed by atoms with van der Waals surface area (Å²) in [6, 6.07) is 6.62. The molecule has 0 N–H and O–H groups in total. The highest BCUT2D eigenvalue weighted by atomic mass is 14.7. The van der Waals surface area contributed by atoms with E-state index in [9.17, 15) is 0 Å². The molecule has 0 heterocycles.